The van der Waals surface area contributed by atoms with Gasteiger partial charge in [0.25, 0.3) is 0 Å². The predicted molar refractivity (Wildman–Crippen MR) is 75.2 cm³/mol. The van der Waals surface area contributed by atoms with Crippen LogP contribution < -0.4 is 15.4 Å². The zero-order chi connectivity index (χ0) is 13.9. The summed E-state index contributed by atoms with van der Waals surface area (Å²) in [6, 6.07) is 7.74. The molecule has 1 aliphatic heterocycles. The number of rotatable bonds is 3. The molecule has 19 heavy (non-hydrogen) atoms. The van der Waals surface area contributed by atoms with Crippen LogP contribution in [0.1, 0.15) is 32.8 Å². The molecule has 1 amide bonds. The van der Waals surface area contributed by atoms with E-state index < -0.39 is 5.54 Å². The molecule has 0 aliphatic carbocycles. The minimum Gasteiger partial charge on any atom is -0.491 e. The SMILES string of the molecule is CC(C)Oc1ccc(C2(C)NCCCNC2=O)cc1. The standard InChI is InChI=1S/C15H22N2O2/c1-11(2)19-13-7-5-12(6-8-13)15(3)14(18)16-9-4-10-17-15/h5-8,11,17H,4,9-10H2,1-3H3,(H,16,18). The molecule has 4 nitrogen and oxygen atoms in total. The van der Waals surface area contributed by atoms with E-state index in [4.69, 9.17) is 4.74 Å². The van der Waals surface area contributed by atoms with Gasteiger partial charge in [0.15, 0.2) is 0 Å². The molecular weight excluding hydrogens is 240 g/mol. The van der Waals surface area contributed by atoms with Crippen LogP contribution in [0.4, 0.5) is 0 Å². The molecule has 2 rings (SSSR count). The van der Waals surface area contributed by atoms with Crippen LogP contribution in [0, 0.1) is 0 Å². The summed E-state index contributed by atoms with van der Waals surface area (Å²) < 4.78 is 5.62. The molecule has 1 fully saturated rings. The normalized spacial score (nSPS) is 23.9. The van der Waals surface area contributed by atoms with E-state index in [-0.39, 0.29) is 12.0 Å². The van der Waals surface area contributed by atoms with E-state index in [1.165, 1.54) is 0 Å². The highest BCUT2D eigenvalue weighted by atomic mass is 16.5. The summed E-state index contributed by atoms with van der Waals surface area (Å²) in [5.74, 6) is 0.860. The molecular formula is C15H22N2O2. The van der Waals surface area contributed by atoms with Crippen molar-refractivity contribution in [3.05, 3.63) is 29.8 Å². The van der Waals surface area contributed by atoms with Crippen LogP contribution in [0.15, 0.2) is 24.3 Å². The van der Waals surface area contributed by atoms with Crippen LogP contribution in [0.25, 0.3) is 0 Å². The fourth-order valence-corrected chi connectivity index (χ4v) is 2.26. The molecule has 0 saturated carbocycles. The summed E-state index contributed by atoms with van der Waals surface area (Å²) in [5, 5.41) is 6.28. The van der Waals surface area contributed by atoms with Crippen LogP contribution in [0.2, 0.25) is 0 Å². The van der Waals surface area contributed by atoms with Gasteiger partial charge in [-0.2, -0.15) is 0 Å². The van der Waals surface area contributed by atoms with Crippen molar-refractivity contribution in [2.45, 2.75) is 38.8 Å². The van der Waals surface area contributed by atoms with E-state index in [0.717, 1.165) is 30.8 Å². The molecule has 1 aliphatic rings. The van der Waals surface area contributed by atoms with Gasteiger partial charge in [-0.1, -0.05) is 12.1 Å². The number of carbonyl (C=O) groups is 1. The van der Waals surface area contributed by atoms with E-state index in [1.807, 2.05) is 45.0 Å². The lowest BCUT2D eigenvalue weighted by atomic mass is 9.91. The second-order valence-electron chi connectivity index (χ2n) is 5.35. The molecule has 1 unspecified atom stereocenters. The first-order valence-electron chi connectivity index (χ1n) is 6.83. The van der Waals surface area contributed by atoms with Crippen LogP contribution in [0.3, 0.4) is 0 Å². The molecule has 0 radical (unpaired) electrons. The molecule has 0 spiro atoms. The predicted octanol–water partition coefficient (Wildman–Crippen LogP) is 1.80. The second-order valence-corrected chi connectivity index (χ2v) is 5.35. The van der Waals surface area contributed by atoms with Gasteiger partial charge in [0, 0.05) is 6.54 Å². The van der Waals surface area contributed by atoms with Crippen molar-refractivity contribution >= 4 is 5.91 Å². The first-order chi connectivity index (χ1) is 9.02. The van der Waals surface area contributed by atoms with Crippen molar-refractivity contribution in [3.8, 4) is 5.75 Å². The maximum Gasteiger partial charge on any atom is 0.244 e. The number of ether oxygens (including phenoxy) is 1. The summed E-state index contributed by atoms with van der Waals surface area (Å²) in [6.45, 7) is 7.48. The van der Waals surface area contributed by atoms with E-state index in [1.54, 1.807) is 0 Å². The fraction of sp³-hybridized carbons (Fsp3) is 0.533. The Morgan fingerprint density at radius 2 is 1.89 bits per heavy atom. The number of hydrogen-bond acceptors (Lipinski definition) is 3. The smallest absolute Gasteiger partial charge is 0.244 e. The number of carbonyl (C=O) groups excluding carboxylic acids is 1. The Kier molecular flexibility index (Phi) is 4.10. The third-order valence-corrected chi connectivity index (χ3v) is 3.38. The van der Waals surface area contributed by atoms with Crippen molar-refractivity contribution in [1.82, 2.24) is 10.6 Å². The fourth-order valence-electron chi connectivity index (χ4n) is 2.26. The molecule has 0 bridgehead atoms. The van der Waals surface area contributed by atoms with Crippen LogP contribution >= 0.6 is 0 Å². The summed E-state index contributed by atoms with van der Waals surface area (Å²) in [7, 11) is 0. The quantitative estimate of drug-likeness (QED) is 0.873. The van der Waals surface area contributed by atoms with Gasteiger partial charge < -0.3 is 10.1 Å². The number of hydrogen-bond donors (Lipinski definition) is 2. The molecule has 1 aromatic rings. The Hall–Kier alpha value is -1.55. The van der Waals surface area contributed by atoms with Crippen molar-refractivity contribution < 1.29 is 9.53 Å². The number of nitrogens with one attached hydrogen (secondary N) is 2. The van der Waals surface area contributed by atoms with Crippen LogP contribution in [-0.2, 0) is 10.3 Å². The van der Waals surface area contributed by atoms with Crippen LogP contribution in [-0.4, -0.2) is 25.1 Å². The number of amides is 1. The maximum atomic E-state index is 12.2. The average Bonchev–Trinajstić information content (AvgIpc) is 2.53. The van der Waals surface area contributed by atoms with Gasteiger partial charge in [0.1, 0.15) is 11.3 Å². The van der Waals surface area contributed by atoms with Gasteiger partial charge in [-0.3, -0.25) is 10.1 Å². The Morgan fingerprint density at radius 1 is 1.21 bits per heavy atom. The summed E-state index contributed by atoms with van der Waals surface area (Å²) in [6.07, 6.45) is 1.11. The first kappa shape index (κ1) is 13.9. The third kappa shape index (κ3) is 3.07. The summed E-state index contributed by atoms with van der Waals surface area (Å²) in [4.78, 5) is 12.2. The monoisotopic (exact) mass is 262 g/mol. The lowest BCUT2D eigenvalue weighted by molar-refractivity contribution is -0.126. The van der Waals surface area contributed by atoms with Gasteiger partial charge in [0.05, 0.1) is 6.10 Å². The van der Waals surface area contributed by atoms with Gasteiger partial charge in [-0.05, 0) is 51.4 Å². The van der Waals surface area contributed by atoms with E-state index >= 15 is 0 Å². The minimum atomic E-state index is -0.660. The van der Waals surface area contributed by atoms with Crippen LogP contribution in [0.5, 0.6) is 5.75 Å². The van der Waals surface area contributed by atoms with Crippen molar-refractivity contribution in [1.29, 1.82) is 0 Å². The average molecular weight is 262 g/mol. The van der Waals surface area contributed by atoms with E-state index in [9.17, 15) is 4.79 Å². The van der Waals surface area contributed by atoms with E-state index in [2.05, 4.69) is 10.6 Å². The van der Waals surface area contributed by atoms with Gasteiger partial charge >= 0.3 is 0 Å². The maximum absolute atomic E-state index is 12.2. The highest BCUT2D eigenvalue weighted by molar-refractivity contribution is 5.87. The molecule has 0 aromatic heterocycles. The van der Waals surface area contributed by atoms with E-state index in [0.29, 0.717) is 0 Å². The van der Waals surface area contributed by atoms with Gasteiger partial charge in [-0.15, -0.1) is 0 Å². The highest BCUT2D eigenvalue weighted by Gasteiger charge is 2.35. The van der Waals surface area contributed by atoms with Crippen molar-refractivity contribution in [2.24, 2.45) is 0 Å². The first-order valence-corrected chi connectivity index (χ1v) is 6.83. The molecule has 1 saturated heterocycles. The summed E-state index contributed by atoms with van der Waals surface area (Å²) in [5.41, 5.74) is 0.301. The minimum absolute atomic E-state index is 0.0301. The largest absolute Gasteiger partial charge is 0.491 e. The topological polar surface area (TPSA) is 50.4 Å². The van der Waals surface area contributed by atoms with Gasteiger partial charge in [0.2, 0.25) is 5.91 Å². The van der Waals surface area contributed by atoms with Crippen molar-refractivity contribution in [3.63, 3.8) is 0 Å². The number of benzene rings is 1. The summed E-state index contributed by atoms with van der Waals surface area (Å²) >= 11 is 0. The Morgan fingerprint density at radius 3 is 2.53 bits per heavy atom. The Balaban J connectivity index is 2.22. The molecule has 4 heteroatoms. The molecule has 1 atom stereocenters. The molecule has 104 valence electrons. The lowest BCUT2D eigenvalue weighted by Crippen LogP contribution is -2.49. The zero-order valence-electron chi connectivity index (χ0n) is 11.8. The van der Waals surface area contributed by atoms with Gasteiger partial charge in [-0.25, -0.2) is 0 Å². The Labute approximate surface area is 114 Å². The second kappa shape index (κ2) is 5.61. The molecule has 1 aromatic carbocycles. The molecule has 2 N–H and O–H groups in total. The molecule has 1 heterocycles. The lowest BCUT2D eigenvalue weighted by Gasteiger charge is -2.28. The highest BCUT2D eigenvalue weighted by Crippen LogP contribution is 2.25. The Bertz CT molecular complexity index is 442. The third-order valence-electron chi connectivity index (χ3n) is 3.38. The zero-order valence-corrected chi connectivity index (χ0v) is 11.8. The van der Waals surface area contributed by atoms with Crippen molar-refractivity contribution in [2.75, 3.05) is 13.1 Å².